The summed E-state index contributed by atoms with van der Waals surface area (Å²) in [4.78, 5) is 2.18. The van der Waals surface area contributed by atoms with Crippen molar-refractivity contribution in [2.45, 2.75) is 13.0 Å². The van der Waals surface area contributed by atoms with Crippen LogP contribution in [0.1, 0.15) is 6.92 Å². The lowest BCUT2D eigenvalue weighted by molar-refractivity contribution is 0.499. The normalized spacial score (nSPS) is 18.8. The molecule has 0 bridgehead atoms. The molecular formula is C17H18F2N2. The van der Waals surface area contributed by atoms with Crippen LogP contribution in [0, 0.1) is 11.6 Å². The van der Waals surface area contributed by atoms with Gasteiger partial charge in [-0.2, -0.15) is 0 Å². The quantitative estimate of drug-likeness (QED) is 0.911. The predicted octanol–water partition coefficient (Wildman–Crippen LogP) is 3.43. The molecule has 1 aliphatic heterocycles. The van der Waals surface area contributed by atoms with Gasteiger partial charge in [0.25, 0.3) is 0 Å². The molecule has 0 amide bonds. The van der Waals surface area contributed by atoms with E-state index >= 15 is 0 Å². The predicted molar refractivity (Wildman–Crippen MR) is 81.5 cm³/mol. The SMILES string of the molecule is CC1CNCCN1c1cc(F)cc(-c2cccc(F)c2)c1. The molecule has 1 fully saturated rings. The molecule has 2 aromatic carbocycles. The number of benzene rings is 2. The third-order valence-corrected chi connectivity index (χ3v) is 3.87. The zero-order valence-electron chi connectivity index (χ0n) is 11.9. The van der Waals surface area contributed by atoms with Gasteiger partial charge in [-0.25, -0.2) is 8.78 Å². The highest BCUT2D eigenvalue weighted by Gasteiger charge is 2.19. The minimum Gasteiger partial charge on any atom is -0.366 e. The molecule has 3 rings (SSSR count). The Morgan fingerprint density at radius 2 is 1.86 bits per heavy atom. The van der Waals surface area contributed by atoms with Gasteiger partial charge in [-0.05, 0) is 48.4 Å². The molecule has 0 aliphatic carbocycles. The van der Waals surface area contributed by atoms with E-state index in [1.807, 2.05) is 6.07 Å². The Bertz CT molecular complexity index is 642. The molecule has 1 saturated heterocycles. The van der Waals surface area contributed by atoms with E-state index in [0.29, 0.717) is 17.2 Å². The van der Waals surface area contributed by atoms with Crippen molar-refractivity contribution in [1.82, 2.24) is 5.32 Å². The molecule has 1 aliphatic rings. The van der Waals surface area contributed by atoms with Crippen molar-refractivity contribution in [2.24, 2.45) is 0 Å². The maximum Gasteiger partial charge on any atom is 0.125 e. The number of nitrogens with zero attached hydrogens (tertiary/aromatic N) is 1. The van der Waals surface area contributed by atoms with Gasteiger partial charge in [0, 0.05) is 31.4 Å². The van der Waals surface area contributed by atoms with E-state index in [0.717, 1.165) is 25.3 Å². The van der Waals surface area contributed by atoms with Crippen LogP contribution in [-0.4, -0.2) is 25.7 Å². The first-order chi connectivity index (χ1) is 10.1. The number of piperazine rings is 1. The molecule has 1 heterocycles. The standard InChI is InChI=1S/C17H18F2N2/c1-12-11-20-5-6-21(12)17-9-14(8-16(19)10-17)13-3-2-4-15(18)7-13/h2-4,7-10,12,20H,5-6,11H2,1H3. The van der Waals surface area contributed by atoms with Crippen LogP contribution in [0.15, 0.2) is 42.5 Å². The lowest BCUT2D eigenvalue weighted by Gasteiger charge is -2.36. The average molecular weight is 288 g/mol. The minimum absolute atomic E-state index is 0.294. The molecule has 110 valence electrons. The lowest BCUT2D eigenvalue weighted by atomic mass is 10.0. The summed E-state index contributed by atoms with van der Waals surface area (Å²) in [6.45, 7) is 4.72. The molecule has 2 aromatic rings. The van der Waals surface area contributed by atoms with Crippen molar-refractivity contribution in [3.05, 3.63) is 54.1 Å². The molecule has 0 radical (unpaired) electrons. The molecular weight excluding hydrogens is 270 g/mol. The van der Waals surface area contributed by atoms with Gasteiger partial charge in [-0.15, -0.1) is 0 Å². The summed E-state index contributed by atoms with van der Waals surface area (Å²) < 4.78 is 27.3. The third-order valence-electron chi connectivity index (χ3n) is 3.87. The second-order valence-corrected chi connectivity index (χ2v) is 5.45. The Labute approximate surface area is 123 Å². The highest BCUT2D eigenvalue weighted by Crippen LogP contribution is 2.28. The van der Waals surface area contributed by atoms with Crippen LogP contribution >= 0.6 is 0 Å². The number of halogens is 2. The Balaban J connectivity index is 2.00. The summed E-state index contributed by atoms with van der Waals surface area (Å²) in [7, 11) is 0. The van der Waals surface area contributed by atoms with Crippen molar-refractivity contribution in [2.75, 3.05) is 24.5 Å². The molecule has 4 heteroatoms. The van der Waals surface area contributed by atoms with Gasteiger partial charge < -0.3 is 10.2 Å². The molecule has 1 N–H and O–H groups in total. The van der Waals surface area contributed by atoms with Crippen LogP contribution < -0.4 is 10.2 Å². The Morgan fingerprint density at radius 3 is 2.62 bits per heavy atom. The molecule has 2 nitrogen and oxygen atoms in total. The molecule has 21 heavy (non-hydrogen) atoms. The van der Waals surface area contributed by atoms with Gasteiger partial charge in [0.15, 0.2) is 0 Å². The summed E-state index contributed by atoms with van der Waals surface area (Å²) in [6.07, 6.45) is 0. The van der Waals surface area contributed by atoms with E-state index in [9.17, 15) is 8.78 Å². The maximum atomic E-state index is 14.0. The van der Waals surface area contributed by atoms with Crippen LogP contribution in [0.5, 0.6) is 0 Å². The van der Waals surface area contributed by atoms with Gasteiger partial charge in [-0.3, -0.25) is 0 Å². The molecule has 0 saturated carbocycles. The van der Waals surface area contributed by atoms with E-state index < -0.39 is 0 Å². The first-order valence-corrected chi connectivity index (χ1v) is 7.17. The maximum absolute atomic E-state index is 14.0. The second kappa shape index (κ2) is 5.82. The van der Waals surface area contributed by atoms with Crippen LogP contribution in [0.4, 0.5) is 14.5 Å². The summed E-state index contributed by atoms with van der Waals surface area (Å²) in [6, 6.07) is 11.5. The second-order valence-electron chi connectivity index (χ2n) is 5.45. The fraction of sp³-hybridized carbons (Fsp3) is 0.294. The summed E-state index contributed by atoms with van der Waals surface area (Å²) in [5, 5.41) is 3.32. The van der Waals surface area contributed by atoms with Crippen LogP contribution in [-0.2, 0) is 0 Å². The first-order valence-electron chi connectivity index (χ1n) is 7.17. The zero-order chi connectivity index (χ0) is 14.8. The molecule has 1 atom stereocenters. The van der Waals surface area contributed by atoms with Gasteiger partial charge in [0.1, 0.15) is 11.6 Å². The van der Waals surface area contributed by atoms with E-state index in [4.69, 9.17) is 0 Å². The topological polar surface area (TPSA) is 15.3 Å². The number of hydrogen-bond donors (Lipinski definition) is 1. The Morgan fingerprint density at radius 1 is 1.05 bits per heavy atom. The first kappa shape index (κ1) is 14.0. The van der Waals surface area contributed by atoms with Crippen molar-refractivity contribution in [1.29, 1.82) is 0 Å². The van der Waals surface area contributed by atoms with Crippen LogP contribution in [0.2, 0.25) is 0 Å². The molecule has 0 spiro atoms. The largest absolute Gasteiger partial charge is 0.366 e. The number of nitrogens with one attached hydrogen (secondary N) is 1. The van der Waals surface area contributed by atoms with Gasteiger partial charge in [-0.1, -0.05) is 12.1 Å². The number of hydrogen-bond acceptors (Lipinski definition) is 2. The summed E-state index contributed by atoms with van der Waals surface area (Å²) >= 11 is 0. The van der Waals surface area contributed by atoms with E-state index in [1.54, 1.807) is 18.2 Å². The summed E-state index contributed by atoms with van der Waals surface area (Å²) in [5.41, 5.74) is 2.25. The summed E-state index contributed by atoms with van der Waals surface area (Å²) in [5.74, 6) is -0.605. The fourth-order valence-electron chi connectivity index (χ4n) is 2.80. The van der Waals surface area contributed by atoms with Gasteiger partial charge >= 0.3 is 0 Å². The zero-order valence-corrected chi connectivity index (χ0v) is 11.9. The van der Waals surface area contributed by atoms with E-state index in [-0.39, 0.29) is 11.6 Å². The van der Waals surface area contributed by atoms with Crippen molar-refractivity contribution in [3.8, 4) is 11.1 Å². The van der Waals surface area contributed by atoms with Gasteiger partial charge in [0.2, 0.25) is 0 Å². The number of rotatable bonds is 2. The Hall–Kier alpha value is -1.94. The smallest absolute Gasteiger partial charge is 0.125 e. The molecule has 0 aromatic heterocycles. The molecule has 1 unspecified atom stereocenters. The van der Waals surface area contributed by atoms with Crippen molar-refractivity contribution >= 4 is 5.69 Å². The number of anilines is 1. The van der Waals surface area contributed by atoms with E-state index in [1.165, 1.54) is 18.2 Å². The lowest BCUT2D eigenvalue weighted by Crippen LogP contribution is -2.49. The van der Waals surface area contributed by atoms with Crippen molar-refractivity contribution in [3.63, 3.8) is 0 Å². The Kier molecular flexibility index (Phi) is 3.88. The highest BCUT2D eigenvalue weighted by molar-refractivity contribution is 5.69. The highest BCUT2D eigenvalue weighted by atomic mass is 19.1. The van der Waals surface area contributed by atoms with Crippen molar-refractivity contribution < 1.29 is 8.78 Å². The third kappa shape index (κ3) is 3.05. The van der Waals surface area contributed by atoms with E-state index in [2.05, 4.69) is 17.1 Å². The van der Waals surface area contributed by atoms with Crippen LogP contribution in [0.25, 0.3) is 11.1 Å². The fourth-order valence-corrected chi connectivity index (χ4v) is 2.80. The monoisotopic (exact) mass is 288 g/mol. The van der Waals surface area contributed by atoms with Crippen LogP contribution in [0.3, 0.4) is 0 Å². The average Bonchev–Trinajstić information content (AvgIpc) is 2.47. The minimum atomic E-state index is -0.311. The van der Waals surface area contributed by atoms with Gasteiger partial charge in [0.05, 0.1) is 0 Å².